The molecule has 90 valence electrons. The summed E-state index contributed by atoms with van der Waals surface area (Å²) in [7, 11) is 0. The van der Waals surface area contributed by atoms with Gasteiger partial charge in [0.25, 0.3) is 0 Å². The molecule has 0 bridgehead atoms. The summed E-state index contributed by atoms with van der Waals surface area (Å²) in [5, 5.41) is 8.94. The lowest BCUT2D eigenvalue weighted by atomic mass is 10.2. The molecule has 0 atom stereocenters. The van der Waals surface area contributed by atoms with Crippen LogP contribution in [0, 0.1) is 5.82 Å². The molecular formula is C13H11ClFO2-. The van der Waals surface area contributed by atoms with Crippen molar-refractivity contribution in [2.24, 2.45) is 0 Å². The van der Waals surface area contributed by atoms with E-state index >= 15 is 0 Å². The van der Waals surface area contributed by atoms with E-state index in [1.807, 2.05) is 18.2 Å². The molecular weight excluding hydrogens is 243 g/mol. The quantitative estimate of drug-likeness (QED) is 0.842. The normalized spacial score (nSPS) is 9.53. The Balaban J connectivity index is 0.00000144. The van der Waals surface area contributed by atoms with Gasteiger partial charge in [-0.2, -0.15) is 0 Å². The Morgan fingerprint density at radius 3 is 2.41 bits per heavy atom. The van der Waals surface area contributed by atoms with Crippen LogP contribution < -0.4 is 17.1 Å². The lowest BCUT2D eigenvalue weighted by molar-refractivity contribution is -0.00000510. The van der Waals surface area contributed by atoms with Gasteiger partial charge in [0.15, 0.2) is 11.6 Å². The standard InChI is InChI=1S/C13H11FO2.ClH/c14-12-7-6-10(9-15)8-13(12)16-11-4-2-1-3-5-11;/h1-8,15H,9H2;1H/p-1. The van der Waals surface area contributed by atoms with Gasteiger partial charge in [0.2, 0.25) is 0 Å². The Morgan fingerprint density at radius 1 is 1.06 bits per heavy atom. The zero-order valence-electron chi connectivity index (χ0n) is 8.94. The van der Waals surface area contributed by atoms with Crippen LogP contribution in [0.2, 0.25) is 0 Å². The maximum Gasteiger partial charge on any atom is 0.165 e. The Labute approximate surface area is 105 Å². The van der Waals surface area contributed by atoms with Crippen LogP contribution >= 0.6 is 0 Å². The number of hydrogen-bond acceptors (Lipinski definition) is 2. The van der Waals surface area contributed by atoms with Crippen LogP contribution in [0.3, 0.4) is 0 Å². The molecule has 0 aliphatic carbocycles. The number of ether oxygens (including phenoxy) is 1. The summed E-state index contributed by atoms with van der Waals surface area (Å²) in [5.74, 6) is 0.246. The molecule has 0 aliphatic rings. The summed E-state index contributed by atoms with van der Waals surface area (Å²) in [4.78, 5) is 0. The van der Waals surface area contributed by atoms with Crippen molar-refractivity contribution >= 4 is 0 Å². The molecule has 0 saturated heterocycles. The predicted molar refractivity (Wildman–Crippen MR) is 58.8 cm³/mol. The molecule has 2 rings (SSSR count). The third-order valence-corrected chi connectivity index (χ3v) is 2.15. The zero-order valence-corrected chi connectivity index (χ0v) is 9.69. The summed E-state index contributed by atoms with van der Waals surface area (Å²) in [5.41, 5.74) is 0.618. The molecule has 17 heavy (non-hydrogen) atoms. The topological polar surface area (TPSA) is 29.5 Å². The van der Waals surface area contributed by atoms with Crippen LogP contribution in [0.25, 0.3) is 0 Å². The summed E-state index contributed by atoms with van der Waals surface area (Å²) >= 11 is 0. The van der Waals surface area contributed by atoms with Crippen LogP contribution in [0.15, 0.2) is 48.5 Å². The van der Waals surface area contributed by atoms with Gasteiger partial charge in [0, 0.05) is 0 Å². The van der Waals surface area contributed by atoms with E-state index in [1.54, 1.807) is 12.1 Å². The molecule has 0 amide bonds. The minimum Gasteiger partial charge on any atom is -1.00 e. The van der Waals surface area contributed by atoms with Gasteiger partial charge in [-0.25, -0.2) is 4.39 Å². The van der Waals surface area contributed by atoms with Crippen molar-refractivity contribution in [2.75, 3.05) is 0 Å². The Bertz CT molecular complexity index is 474. The smallest absolute Gasteiger partial charge is 0.165 e. The second-order valence-corrected chi connectivity index (χ2v) is 3.34. The maximum atomic E-state index is 13.4. The first kappa shape index (κ1) is 13.5. The van der Waals surface area contributed by atoms with E-state index in [0.717, 1.165) is 0 Å². The third-order valence-electron chi connectivity index (χ3n) is 2.15. The van der Waals surface area contributed by atoms with Gasteiger partial charge in [0.05, 0.1) is 6.61 Å². The van der Waals surface area contributed by atoms with Crippen molar-refractivity contribution in [3.05, 3.63) is 59.9 Å². The van der Waals surface area contributed by atoms with E-state index in [1.165, 1.54) is 18.2 Å². The van der Waals surface area contributed by atoms with Gasteiger partial charge >= 0.3 is 0 Å². The van der Waals surface area contributed by atoms with Crippen LogP contribution in [0.1, 0.15) is 5.56 Å². The lowest BCUT2D eigenvalue weighted by Crippen LogP contribution is -3.00. The number of aliphatic hydroxyl groups excluding tert-OH is 1. The van der Waals surface area contributed by atoms with E-state index in [4.69, 9.17) is 9.84 Å². The molecule has 1 N–H and O–H groups in total. The van der Waals surface area contributed by atoms with Gasteiger partial charge in [-0.1, -0.05) is 24.3 Å². The lowest BCUT2D eigenvalue weighted by Gasteiger charge is -2.07. The van der Waals surface area contributed by atoms with Crippen molar-refractivity contribution < 1.29 is 26.6 Å². The fourth-order valence-electron chi connectivity index (χ4n) is 1.34. The Hall–Kier alpha value is -1.58. The number of benzene rings is 2. The molecule has 0 heterocycles. The molecule has 2 aromatic rings. The van der Waals surface area contributed by atoms with E-state index < -0.39 is 5.82 Å². The maximum absolute atomic E-state index is 13.4. The predicted octanol–water partition coefficient (Wildman–Crippen LogP) is 0.114. The third kappa shape index (κ3) is 3.44. The molecule has 2 nitrogen and oxygen atoms in total. The summed E-state index contributed by atoms with van der Waals surface area (Å²) in [6.45, 7) is -0.134. The first-order valence-electron chi connectivity index (χ1n) is 4.92. The zero-order chi connectivity index (χ0) is 11.4. The number of rotatable bonds is 3. The number of para-hydroxylation sites is 1. The van der Waals surface area contributed by atoms with Gasteiger partial charge in [-0.3, -0.25) is 0 Å². The van der Waals surface area contributed by atoms with Gasteiger partial charge in [0.1, 0.15) is 5.75 Å². The van der Waals surface area contributed by atoms with Crippen molar-refractivity contribution in [3.63, 3.8) is 0 Å². The Kier molecular flexibility index (Phi) is 4.94. The molecule has 0 aromatic heterocycles. The number of hydrogen-bond donors (Lipinski definition) is 1. The van der Waals surface area contributed by atoms with E-state index in [9.17, 15) is 4.39 Å². The molecule has 0 radical (unpaired) electrons. The first-order valence-corrected chi connectivity index (χ1v) is 4.92. The first-order chi connectivity index (χ1) is 7.79. The highest BCUT2D eigenvalue weighted by Crippen LogP contribution is 2.25. The average Bonchev–Trinajstić information content (AvgIpc) is 2.33. The average molecular weight is 254 g/mol. The van der Waals surface area contributed by atoms with Crippen molar-refractivity contribution in [1.29, 1.82) is 0 Å². The SMILES string of the molecule is OCc1ccc(F)c(Oc2ccccc2)c1.[Cl-]. The van der Waals surface area contributed by atoms with Crippen LogP contribution in [-0.4, -0.2) is 5.11 Å². The van der Waals surface area contributed by atoms with Crippen LogP contribution in [0.5, 0.6) is 11.5 Å². The highest BCUT2D eigenvalue weighted by molar-refractivity contribution is 5.34. The van der Waals surface area contributed by atoms with Gasteiger partial charge in [-0.05, 0) is 29.8 Å². The van der Waals surface area contributed by atoms with Crippen LogP contribution in [-0.2, 0) is 6.61 Å². The number of aliphatic hydroxyl groups is 1. The van der Waals surface area contributed by atoms with E-state index in [-0.39, 0.29) is 24.8 Å². The minimum atomic E-state index is -0.443. The highest BCUT2D eigenvalue weighted by Gasteiger charge is 2.05. The monoisotopic (exact) mass is 253 g/mol. The highest BCUT2D eigenvalue weighted by atomic mass is 35.5. The van der Waals surface area contributed by atoms with E-state index in [0.29, 0.717) is 11.3 Å². The van der Waals surface area contributed by atoms with Crippen LogP contribution in [0.4, 0.5) is 4.39 Å². The van der Waals surface area contributed by atoms with Crippen molar-refractivity contribution in [1.82, 2.24) is 0 Å². The van der Waals surface area contributed by atoms with Crippen molar-refractivity contribution in [3.8, 4) is 11.5 Å². The second-order valence-electron chi connectivity index (χ2n) is 3.34. The summed E-state index contributed by atoms with van der Waals surface area (Å²) < 4.78 is 18.8. The molecule has 0 fully saturated rings. The summed E-state index contributed by atoms with van der Waals surface area (Å²) in [6.07, 6.45) is 0. The fraction of sp³-hybridized carbons (Fsp3) is 0.0769. The minimum absolute atomic E-state index is 0. The molecule has 0 saturated carbocycles. The fourth-order valence-corrected chi connectivity index (χ4v) is 1.34. The molecule has 4 heteroatoms. The van der Waals surface area contributed by atoms with Gasteiger partial charge in [-0.15, -0.1) is 0 Å². The largest absolute Gasteiger partial charge is 1.00 e. The number of halogens is 2. The Morgan fingerprint density at radius 2 is 1.76 bits per heavy atom. The molecule has 0 unspecified atom stereocenters. The molecule has 0 spiro atoms. The molecule has 2 aromatic carbocycles. The van der Waals surface area contributed by atoms with Gasteiger partial charge < -0.3 is 22.3 Å². The van der Waals surface area contributed by atoms with Crippen molar-refractivity contribution in [2.45, 2.75) is 6.61 Å². The summed E-state index contributed by atoms with van der Waals surface area (Å²) in [6, 6.07) is 13.2. The molecule has 0 aliphatic heterocycles. The van der Waals surface area contributed by atoms with E-state index in [2.05, 4.69) is 0 Å². The second kappa shape index (κ2) is 6.23.